The molecule has 1 atom stereocenters. The molecule has 1 fully saturated rings. The van der Waals surface area contributed by atoms with Crippen molar-refractivity contribution in [3.63, 3.8) is 0 Å². The predicted octanol–water partition coefficient (Wildman–Crippen LogP) is 2.39. The van der Waals surface area contributed by atoms with Crippen molar-refractivity contribution in [3.8, 4) is 6.07 Å². The van der Waals surface area contributed by atoms with E-state index in [1.807, 2.05) is 14.0 Å². The molecule has 98 valence electrons. The number of likely N-dealkylation sites (tertiary alicyclic amines) is 1. The van der Waals surface area contributed by atoms with Gasteiger partial charge in [-0.05, 0) is 58.2 Å². The van der Waals surface area contributed by atoms with Crippen LogP contribution in [0.2, 0.25) is 0 Å². The summed E-state index contributed by atoms with van der Waals surface area (Å²) in [5.74, 6) is 0. The van der Waals surface area contributed by atoms with Crippen molar-refractivity contribution in [2.24, 2.45) is 5.41 Å². The van der Waals surface area contributed by atoms with Gasteiger partial charge in [0.05, 0.1) is 6.07 Å². The molecular weight excluding hydrogens is 210 g/mol. The molecule has 0 saturated carbocycles. The number of nitriles is 1. The maximum Gasteiger partial charge on any atom is 0.104 e. The molecule has 1 rings (SSSR count). The fourth-order valence-electron chi connectivity index (χ4n) is 2.32. The highest BCUT2D eigenvalue weighted by Crippen LogP contribution is 2.29. The minimum Gasteiger partial charge on any atom is -0.303 e. The second kappa shape index (κ2) is 5.84. The lowest BCUT2D eigenvalue weighted by Crippen LogP contribution is -2.42. The van der Waals surface area contributed by atoms with Gasteiger partial charge in [0.1, 0.15) is 5.54 Å². The van der Waals surface area contributed by atoms with E-state index in [-0.39, 0.29) is 5.54 Å². The van der Waals surface area contributed by atoms with Crippen molar-refractivity contribution in [3.05, 3.63) is 0 Å². The standard InChI is InChI=1S/C14H27N3/c1-13(2)6-5-9-17(10-7-13)11-8-14(3,12-15)16-4/h16H,5-11H2,1-4H3. The van der Waals surface area contributed by atoms with Gasteiger partial charge < -0.3 is 10.2 Å². The van der Waals surface area contributed by atoms with Crippen LogP contribution in [-0.4, -0.2) is 37.1 Å². The average molecular weight is 237 g/mol. The van der Waals surface area contributed by atoms with Crippen LogP contribution < -0.4 is 5.32 Å². The molecule has 3 nitrogen and oxygen atoms in total. The Labute approximate surface area is 106 Å². The lowest BCUT2D eigenvalue weighted by Gasteiger charge is -2.27. The number of nitrogens with zero attached hydrogens (tertiary/aromatic N) is 2. The normalized spacial score (nSPS) is 24.6. The second-order valence-corrected chi connectivity index (χ2v) is 6.30. The van der Waals surface area contributed by atoms with Crippen LogP contribution in [0.3, 0.4) is 0 Å². The first-order valence-corrected chi connectivity index (χ1v) is 6.73. The first kappa shape index (κ1) is 14.5. The fourth-order valence-corrected chi connectivity index (χ4v) is 2.32. The summed E-state index contributed by atoms with van der Waals surface area (Å²) in [4.78, 5) is 2.52. The van der Waals surface area contributed by atoms with Crippen molar-refractivity contribution in [1.29, 1.82) is 5.26 Å². The number of nitrogens with one attached hydrogen (secondary N) is 1. The number of hydrogen-bond donors (Lipinski definition) is 1. The van der Waals surface area contributed by atoms with Gasteiger partial charge in [0.2, 0.25) is 0 Å². The Bertz CT molecular complexity index is 280. The van der Waals surface area contributed by atoms with E-state index in [0.717, 1.165) is 13.0 Å². The Hall–Kier alpha value is -0.590. The van der Waals surface area contributed by atoms with Gasteiger partial charge in [0, 0.05) is 6.54 Å². The number of hydrogen-bond acceptors (Lipinski definition) is 3. The van der Waals surface area contributed by atoms with Crippen molar-refractivity contribution in [1.82, 2.24) is 10.2 Å². The van der Waals surface area contributed by atoms with Crippen molar-refractivity contribution >= 4 is 0 Å². The zero-order valence-corrected chi connectivity index (χ0v) is 11.8. The highest BCUT2D eigenvalue weighted by atomic mass is 15.1. The molecule has 1 N–H and O–H groups in total. The van der Waals surface area contributed by atoms with E-state index in [2.05, 4.69) is 30.1 Å². The molecule has 17 heavy (non-hydrogen) atoms. The van der Waals surface area contributed by atoms with Crippen LogP contribution in [-0.2, 0) is 0 Å². The van der Waals surface area contributed by atoms with Crippen LogP contribution in [0.4, 0.5) is 0 Å². The highest BCUT2D eigenvalue weighted by molar-refractivity contribution is 5.03. The van der Waals surface area contributed by atoms with E-state index in [4.69, 9.17) is 5.26 Å². The fraction of sp³-hybridized carbons (Fsp3) is 0.929. The average Bonchev–Trinajstić information content (AvgIpc) is 2.47. The lowest BCUT2D eigenvalue weighted by molar-refractivity contribution is 0.242. The molecule has 0 bridgehead atoms. The SMILES string of the molecule is CNC(C)(C#N)CCN1CCCC(C)(C)CC1. The lowest BCUT2D eigenvalue weighted by atomic mass is 9.85. The smallest absolute Gasteiger partial charge is 0.104 e. The molecule has 1 unspecified atom stereocenters. The van der Waals surface area contributed by atoms with Gasteiger partial charge in [-0.15, -0.1) is 0 Å². The van der Waals surface area contributed by atoms with E-state index in [0.29, 0.717) is 5.41 Å². The summed E-state index contributed by atoms with van der Waals surface area (Å²) in [5.41, 5.74) is 0.123. The molecule has 3 heteroatoms. The Kier molecular flexibility index (Phi) is 4.97. The predicted molar refractivity (Wildman–Crippen MR) is 71.8 cm³/mol. The van der Waals surface area contributed by atoms with Gasteiger partial charge >= 0.3 is 0 Å². The van der Waals surface area contributed by atoms with Crippen LogP contribution in [0.5, 0.6) is 0 Å². The molecule has 1 saturated heterocycles. The summed E-state index contributed by atoms with van der Waals surface area (Å²) in [6, 6.07) is 2.36. The Morgan fingerprint density at radius 3 is 2.65 bits per heavy atom. The van der Waals surface area contributed by atoms with E-state index in [9.17, 15) is 0 Å². The van der Waals surface area contributed by atoms with Crippen LogP contribution in [0.25, 0.3) is 0 Å². The molecule has 1 heterocycles. The number of rotatable bonds is 4. The Morgan fingerprint density at radius 1 is 1.35 bits per heavy atom. The van der Waals surface area contributed by atoms with Gasteiger partial charge in [-0.1, -0.05) is 13.8 Å². The van der Waals surface area contributed by atoms with Gasteiger partial charge in [-0.3, -0.25) is 0 Å². The first-order chi connectivity index (χ1) is 7.91. The van der Waals surface area contributed by atoms with Crippen LogP contribution >= 0.6 is 0 Å². The van der Waals surface area contributed by atoms with Crippen LogP contribution in [0.15, 0.2) is 0 Å². The quantitative estimate of drug-likeness (QED) is 0.816. The maximum absolute atomic E-state index is 9.12. The van der Waals surface area contributed by atoms with Crippen LogP contribution in [0, 0.1) is 16.7 Å². The zero-order chi connectivity index (χ0) is 12.9. The molecule has 1 aliphatic heterocycles. The monoisotopic (exact) mass is 237 g/mol. The van der Waals surface area contributed by atoms with Crippen LogP contribution in [0.1, 0.15) is 46.5 Å². The van der Waals surface area contributed by atoms with Crippen molar-refractivity contribution < 1.29 is 0 Å². The zero-order valence-electron chi connectivity index (χ0n) is 11.8. The van der Waals surface area contributed by atoms with Gasteiger partial charge in [-0.25, -0.2) is 0 Å². The summed E-state index contributed by atoms with van der Waals surface area (Å²) >= 11 is 0. The minimum atomic E-state index is -0.373. The third-order valence-electron chi connectivity index (χ3n) is 4.16. The van der Waals surface area contributed by atoms with Crippen molar-refractivity contribution in [2.75, 3.05) is 26.7 Å². The Morgan fingerprint density at radius 2 is 2.06 bits per heavy atom. The van der Waals surface area contributed by atoms with E-state index in [1.54, 1.807) is 0 Å². The molecule has 0 aromatic rings. The van der Waals surface area contributed by atoms with Gasteiger partial charge in [0.15, 0.2) is 0 Å². The first-order valence-electron chi connectivity index (χ1n) is 6.73. The Balaban J connectivity index is 2.41. The van der Waals surface area contributed by atoms with E-state index >= 15 is 0 Å². The summed E-state index contributed by atoms with van der Waals surface area (Å²) in [6.45, 7) is 10.1. The third kappa shape index (κ3) is 4.65. The van der Waals surface area contributed by atoms with Gasteiger partial charge in [-0.2, -0.15) is 5.26 Å². The third-order valence-corrected chi connectivity index (χ3v) is 4.16. The van der Waals surface area contributed by atoms with Crippen molar-refractivity contribution in [2.45, 2.75) is 52.0 Å². The summed E-state index contributed by atoms with van der Waals surface area (Å²) in [7, 11) is 1.87. The molecule has 0 spiro atoms. The largest absolute Gasteiger partial charge is 0.303 e. The van der Waals surface area contributed by atoms with Gasteiger partial charge in [0.25, 0.3) is 0 Å². The second-order valence-electron chi connectivity index (χ2n) is 6.30. The molecule has 0 radical (unpaired) electrons. The highest BCUT2D eigenvalue weighted by Gasteiger charge is 2.25. The maximum atomic E-state index is 9.12. The topological polar surface area (TPSA) is 39.1 Å². The minimum absolute atomic E-state index is 0.373. The van der Waals surface area contributed by atoms with E-state index in [1.165, 1.54) is 32.4 Å². The molecule has 1 aliphatic rings. The summed E-state index contributed by atoms with van der Waals surface area (Å²) in [5, 5.41) is 12.2. The van der Waals surface area contributed by atoms with E-state index < -0.39 is 0 Å². The molecule has 0 aliphatic carbocycles. The molecule has 0 aromatic carbocycles. The molecule has 0 amide bonds. The summed E-state index contributed by atoms with van der Waals surface area (Å²) in [6.07, 6.45) is 4.79. The molecule has 0 aromatic heterocycles. The molecular formula is C14H27N3. The summed E-state index contributed by atoms with van der Waals surface area (Å²) < 4.78 is 0.